The lowest BCUT2D eigenvalue weighted by atomic mass is 10.0. The van der Waals surface area contributed by atoms with Gasteiger partial charge in [-0.3, -0.25) is 14.5 Å². The number of imide groups is 1. The molecular weight excluding hydrogens is 338 g/mol. The second-order valence-electron chi connectivity index (χ2n) is 7.07. The van der Waals surface area contributed by atoms with Gasteiger partial charge in [-0.1, -0.05) is 55.8 Å². The highest BCUT2D eigenvalue weighted by molar-refractivity contribution is 5.98. The van der Waals surface area contributed by atoms with Gasteiger partial charge in [-0.2, -0.15) is 0 Å². The van der Waals surface area contributed by atoms with Crippen LogP contribution in [0.3, 0.4) is 0 Å². The maximum atomic E-state index is 12.9. The molecule has 0 aromatic heterocycles. The maximum Gasteiger partial charge on any atom is 0.233 e. The van der Waals surface area contributed by atoms with Gasteiger partial charge in [-0.05, 0) is 42.5 Å². The van der Waals surface area contributed by atoms with Crippen LogP contribution in [0.5, 0.6) is 5.75 Å². The molecule has 0 aliphatic carbocycles. The van der Waals surface area contributed by atoms with Gasteiger partial charge in [-0.25, -0.2) is 0 Å². The van der Waals surface area contributed by atoms with Crippen molar-refractivity contribution in [2.24, 2.45) is 0 Å². The van der Waals surface area contributed by atoms with Gasteiger partial charge >= 0.3 is 0 Å². The van der Waals surface area contributed by atoms with E-state index in [0.29, 0.717) is 13.0 Å². The second-order valence-corrected chi connectivity index (χ2v) is 7.07. The lowest BCUT2D eigenvalue weighted by molar-refractivity contribution is -0.143. The van der Waals surface area contributed by atoms with E-state index >= 15 is 0 Å². The van der Waals surface area contributed by atoms with Crippen LogP contribution in [0.4, 0.5) is 0 Å². The van der Waals surface area contributed by atoms with Crippen molar-refractivity contribution in [3.05, 3.63) is 65.7 Å². The molecular formula is C23H27NO3. The molecule has 1 aliphatic heterocycles. The molecule has 1 saturated heterocycles. The normalized spacial score (nSPS) is 16.6. The third-order valence-electron chi connectivity index (χ3n) is 4.93. The van der Waals surface area contributed by atoms with Crippen molar-refractivity contribution >= 4 is 11.8 Å². The van der Waals surface area contributed by atoms with E-state index in [4.69, 9.17) is 4.74 Å². The number of carbonyl (C=O) groups is 2. The molecule has 4 heteroatoms. The van der Waals surface area contributed by atoms with Crippen molar-refractivity contribution in [2.75, 3.05) is 6.61 Å². The van der Waals surface area contributed by atoms with Gasteiger partial charge in [0.05, 0.1) is 13.0 Å². The Morgan fingerprint density at radius 3 is 2.67 bits per heavy atom. The summed E-state index contributed by atoms with van der Waals surface area (Å²) in [5.74, 6) is 0.600. The van der Waals surface area contributed by atoms with Crippen LogP contribution in [-0.4, -0.2) is 29.4 Å². The van der Waals surface area contributed by atoms with Crippen molar-refractivity contribution in [3.63, 3.8) is 0 Å². The molecule has 2 amide bonds. The number of amides is 2. The summed E-state index contributed by atoms with van der Waals surface area (Å²) in [4.78, 5) is 26.7. The number of benzene rings is 2. The number of nitrogens with zero attached hydrogens (tertiary/aromatic N) is 1. The van der Waals surface area contributed by atoms with Gasteiger partial charge in [-0.15, -0.1) is 0 Å². The molecule has 0 spiro atoms. The van der Waals surface area contributed by atoms with Crippen molar-refractivity contribution in [1.82, 2.24) is 4.90 Å². The number of ether oxygens (including phenoxy) is 1. The van der Waals surface area contributed by atoms with E-state index < -0.39 is 0 Å². The highest BCUT2D eigenvalue weighted by Crippen LogP contribution is 2.24. The standard InChI is InChI=1S/C23H27NO3/c1-2-3-14-27-21-11-7-10-19(16-21)17-23(26)24-20(12-13-22(24)25)15-18-8-5-4-6-9-18/h4-11,16,20H,2-3,12-15,17H2,1H3/t20-/m0/s1. The van der Waals surface area contributed by atoms with Crippen LogP contribution in [0.15, 0.2) is 54.6 Å². The smallest absolute Gasteiger partial charge is 0.233 e. The van der Waals surface area contributed by atoms with E-state index in [-0.39, 0.29) is 24.3 Å². The number of hydrogen-bond acceptors (Lipinski definition) is 3. The molecule has 1 heterocycles. The molecule has 2 aromatic rings. The molecule has 2 aromatic carbocycles. The second kappa shape index (κ2) is 9.36. The van der Waals surface area contributed by atoms with Crippen LogP contribution in [0.2, 0.25) is 0 Å². The summed E-state index contributed by atoms with van der Waals surface area (Å²) < 4.78 is 5.72. The SMILES string of the molecule is CCCCOc1cccc(CC(=O)N2C(=O)CC[C@H]2Cc2ccccc2)c1. The average molecular weight is 365 g/mol. The van der Waals surface area contributed by atoms with Crippen LogP contribution in [0.25, 0.3) is 0 Å². The molecule has 0 radical (unpaired) electrons. The Labute approximate surface area is 161 Å². The summed E-state index contributed by atoms with van der Waals surface area (Å²) in [6.07, 6.45) is 4.22. The fraction of sp³-hybridized carbons (Fsp3) is 0.391. The molecule has 27 heavy (non-hydrogen) atoms. The van der Waals surface area contributed by atoms with Crippen LogP contribution in [0, 0.1) is 0 Å². The number of hydrogen-bond donors (Lipinski definition) is 0. The number of likely N-dealkylation sites (tertiary alicyclic amines) is 1. The fourth-order valence-corrected chi connectivity index (χ4v) is 3.50. The Hall–Kier alpha value is -2.62. The Kier molecular flexibility index (Phi) is 6.64. The average Bonchev–Trinajstić information content (AvgIpc) is 3.03. The van der Waals surface area contributed by atoms with E-state index in [1.54, 1.807) is 0 Å². The number of unbranched alkanes of at least 4 members (excludes halogenated alkanes) is 1. The summed E-state index contributed by atoms with van der Waals surface area (Å²) >= 11 is 0. The Balaban J connectivity index is 1.65. The van der Waals surface area contributed by atoms with Crippen LogP contribution in [-0.2, 0) is 22.4 Å². The van der Waals surface area contributed by atoms with Crippen LogP contribution < -0.4 is 4.74 Å². The van der Waals surface area contributed by atoms with Gasteiger partial charge in [0.15, 0.2) is 0 Å². The molecule has 4 nitrogen and oxygen atoms in total. The van der Waals surface area contributed by atoms with Crippen molar-refractivity contribution in [2.45, 2.75) is 51.5 Å². The molecule has 0 saturated carbocycles. The van der Waals surface area contributed by atoms with Gasteiger partial charge in [0.25, 0.3) is 0 Å². The van der Waals surface area contributed by atoms with Crippen molar-refractivity contribution in [3.8, 4) is 5.75 Å². The first-order valence-corrected chi connectivity index (χ1v) is 9.78. The molecule has 1 aliphatic rings. The molecule has 0 N–H and O–H groups in total. The zero-order valence-electron chi connectivity index (χ0n) is 15.9. The monoisotopic (exact) mass is 365 g/mol. The summed E-state index contributed by atoms with van der Waals surface area (Å²) in [7, 11) is 0. The number of rotatable bonds is 8. The Morgan fingerprint density at radius 1 is 1.11 bits per heavy atom. The predicted octanol–water partition coefficient (Wildman–Crippen LogP) is 4.17. The molecule has 0 unspecified atom stereocenters. The van der Waals surface area contributed by atoms with Gasteiger partial charge in [0.2, 0.25) is 11.8 Å². The highest BCUT2D eigenvalue weighted by Gasteiger charge is 2.35. The van der Waals surface area contributed by atoms with E-state index in [2.05, 4.69) is 6.92 Å². The fourth-order valence-electron chi connectivity index (χ4n) is 3.50. The first-order chi connectivity index (χ1) is 13.2. The lowest BCUT2D eigenvalue weighted by Crippen LogP contribution is -2.40. The zero-order chi connectivity index (χ0) is 19.1. The largest absolute Gasteiger partial charge is 0.494 e. The van der Waals surface area contributed by atoms with E-state index in [1.165, 1.54) is 4.90 Å². The van der Waals surface area contributed by atoms with Gasteiger partial charge in [0.1, 0.15) is 5.75 Å². The topological polar surface area (TPSA) is 46.6 Å². The summed E-state index contributed by atoms with van der Waals surface area (Å²) in [6, 6.07) is 17.6. The summed E-state index contributed by atoms with van der Waals surface area (Å²) in [6.45, 7) is 2.80. The lowest BCUT2D eigenvalue weighted by Gasteiger charge is -2.23. The highest BCUT2D eigenvalue weighted by atomic mass is 16.5. The number of carbonyl (C=O) groups excluding carboxylic acids is 2. The van der Waals surface area contributed by atoms with Crippen LogP contribution >= 0.6 is 0 Å². The molecule has 1 atom stereocenters. The third kappa shape index (κ3) is 5.19. The minimum absolute atomic E-state index is 0.0450. The zero-order valence-corrected chi connectivity index (χ0v) is 15.9. The summed E-state index contributed by atoms with van der Waals surface area (Å²) in [5, 5.41) is 0. The van der Waals surface area contributed by atoms with E-state index in [0.717, 1.165) is 42.6 Å². The predicted molar refractivity (Wildman–Crippen MR) is 106 cm³/mol. The first kappa shape index (κ1) is 19.2. The third-order valence-corrected chi connectivity index (χ3v) is 4.93. The molecule has 0 bridgehead atoms. The Bertz CT molecular complexity index is 772. The minimum Gasteiger partial charge on any atom is -0.494 e. The molecule has 3 rings (SSSR count). The molecule has 142 valence electrons. The van der Waals surface area contributed by atoms with Crippen molar-refractivity contribution < 1.29 is 14.3 Å². The quantitative estimate of drug-likeness (QED) is 0.660. The Morgan fingerprint density at radius 2 is 1.89 bits per heavy atom. The van der Waals surface area contributed by atoms with Gasteiger partial charge < -0.3 is 4.74 Å². The van der Waals surface area contributed by atoms with Crippen molar-refractivity contribution in [1.29, 1.82) is 0 Å². The van der Waals surface area contributed by atoms with E-state index in [9.17, 15) is 9.59 Å². The first-order valence-electron chi connectivity index (χ1n) is 9.78. The van der Waals surface area contributed by atoms with E-state index in [1.807, 2.05) is 54.6 Å². The minimum atomic E-state index is -0.121. The van der Waals surface area contributed by atoms with Gasteiger partial charge in [0, 0.05) is 12.5 Å². The van der Waals surface area contributed by atoms with Crippen LogP contribution in [0.1, 0.15) is 43.7 Å². The summed E-state index contributed by atoms with van der Waals surface area (Å²) in [5.41, 5.74) is 2.04. The maximum absolute atomic E-state index is 12.9. The molecule has 1 fully saturated rings.